The maximum atomic E-state index is 15.1. The quantitative estimate of drug-likeness (QED) is 0.250. The minimum atomic E-state index is -1.01. The zero-order valence-electron chi connectivity index (χ0n) is 29.3. The molecule has 2 aromatic carbocycles. The summed E-state index contributed by atoms with van der Waals surface area (Å²) in [6.45, 7) is 13.9. The van der Waals surface area contributed by atoms with Gasteiger partial charge in [-0.3, -0.25) is 19.7 Å². The highest BCUT2D eigenvalue weighted by Gasteiger charge is 2.60. The van der Waals surface area contributed by atoms with Gasteiger partial charge in [-0.05, 0) is 74.9 Å². The second kappa shape index (κ2) is 13.7. The molecule has 0 bridgehead atoms. The summed E-state index contributed by atoms with van der Waals surface area (Å²) in [6, 6.07) is 17.1. The predicted molar refractivity (Wildman–Crippen MR) is 193 cm³/mol. The van der Waals surface area contributed by atoms with Gasteiger partial charge in [-0.1, -0.05) is 68.2 Å². The standard InChI is InChI=1S/C38H47Cl2N5O3/c1-9-48-31-23-32(36(2,3)4)41-24-30(31)34-42-37(5,26-10-14-28(39)15-11-26)38(6,27-12-16-29(40)17-13-27)45(34)35(47)44-20-18-25(19-21-44)22-33(46)43(7)8/h10-17,23-25H,9,18-22H2,1-8H3/t37-,38+/m0/s1. The minimum absolute atomic E-state index is 0.109. The molecule has 1 fully saturated rings. The van der Waals surface area contributed by atoms with Crippen molar-refractivity contribution < 1.29 is 14.3 Å². The van der Waals surface area contributed by atoms with Gasteiger partial charge >= 0.3 is 6.03 Å². The van der Waals surface area contributed by atoms with Crippen LogP contribution in [0, 0.1) is 5.92 Å². The van der Waals surface area contributed by atoms with Crippen LogP contribution < -0.4 is 4.74 Å². The smallest absolute Gasteiger partial charge is 0.326 e. The largest absolute Gasteiger partial charge is 0.493 e. The Balaban J connectivity index is 1.69. The van der Waals surface area contributed by atoms with E-state index < -0.39 is 11.1 Å². The minimum Gasteiger partial charge on any atom is -0.493 e. The molecule has 8 nitrogen and oxygen atoms in total. The van der Waals surface area contributed by atoms with Gasteiger partial charge in [0.15, 0.2) is 0 Å². The van der Waals surface area contributed by atoms with E-state index in [4.69, 9.17) is 37.9 Å². The van der Waals surface area contributed by atoms with Gasteiger partial charge in [-0.25, -0.2) is 4.79 Å². The van der Waals surface area contributed by atoms with Gasteiger partial charge < -0.3 is 14.5 Å². The van der Waals surface area contributed by atoms with Crippen LogP contribution in [0.1, 0.15) is 83.2 Å². The van der Waals surface area contributed by atoms with Crippen molar-refractivity contribution in [3.05, 3.63) is 93.2 Å². The molecule has 0 spiro atoms. The lowest BCUT2D eigenvalue weighted by atomic mass is 9.71. The Morgan fingerprint density at radius 1 is 0.958 bits per heavy atom. The first kappa shape index (κ1) is 35.7. The van der Waals surface area contributed by atoms with Crippen molar-refractivity contribution in [1.29, 1.82) is 0 Å². The van der Waals surface area contributed by atoms with Crippen LogP contribution in [-0.4, -0.2) is 71.2 Å². The van der Waals surface area contributed by atoms with E-state index >= 15 is 4.79 Å². The van der Waals surface area contributed by atoms with E-state index in [1.54, 1.807) is 25.2 Å². The number of nitrogens with zero attached hydrogens (tertiary/aromatic N) is 5. The summed E-state index contributed by atoms with van der Waals surface area (Å²) in [7, 11) is 3.56. The summed E-state index contributed by atoms with van der Waals surface area (Å²) in [6.07, 6.45) is 3.75. The van der Waals surface area contributed by atoms with E-state index in [9.17, 15) is 4.79 Å². The molecule has 0 saturated carbocycles. The van der Waals surface area contributed by atoms with Crippen LogP contribution in [0.25, 0.3) is 0 Å². The molecule has 0 radical (unpaired) electrons. The third kappa shape index (κ3) is 6.66. The van der Waals surface area contributed by atoms with Gasteiger partial charge in [0.25, 0.3) is 0 Å². The number of pyridine rings is 1. The van der Waals surface area contributed by atoms with Crippen LogP contribution in [0.5, 0.6) is 5.75 Å². The van der Waals surface area contributed by atoms with Crippen molar-refractivity contribution in [2.45, 2.75) is 77.3 Å². The number of halogens is 2. The van der Waals surface area contributed by atoms with Gasteiger partial charge in [-0.15, -0.1) is 0 Å². The Kier molecular flexibility index (Phi) is 10.2. The Bertz CT molecular complexity index is 1680. The topological polar surface area (TPSA) is 78.3 Å². The number of amides is 3. The summed E-state index contributed by atoms with van der Waals surface area (Å²) >= 11 is 12.8. The second-order valence-corrected chi connectivity index (χ2v) is 15.3. The molecule has 5 rings (SSSR count). The van der Waals surface area contributed by atoms with Crippen LogP contribution in [0.4, 0.5) is 4.79 Å². The molecule has 10 heteroatoms. The van der Waals surface area contributed by atoms with Crippen molar-refractivity contribution in [3.63, 3.8) is 0 Å². The van der Waals surface area contributed by atoms with Crippen LogP contribution in [0.15, 0.2) is 65.8 Å². The first-order valence-electron chi connectivity index (χ1n) is 16.6. The van der Waals surface area contributed by atoms with Gasteiger partial charge in [0.05, 0.1) is 12.2 Å². The Labute approximate surface area is 295 Å². The summed E-state index contributed by atoms with van der Waals surface area (Å²) < 4.78 is 6.27. The van der Waals surface area contributed by atoms with Crippen molar-refractivity contribution in [2.24, 2.45) is 10.9 Å². The number of aliphatic imine (C=N–C) groups is 1. The molecule has 2 atom stereocenters. The molecule has 48 heavy (non-hydrogen) atoms. The molecule has 3 aromatic rings. The van der Waals surface area contributed by atoms with Crippen LogP contribution in [0.2, 0.25) is 10.0 Å². The fourth-order valence-electron chi connectivity index (χ4n) is 6.76. The SMILES string of the molecule is CCOc1cc(C(C)(C)C)ncc1C1=N[C@@](C)(c2ccc(Cl)cc2)[C@@](C)(c2ccc(Cl)cc2)N1C(=O)N1CCC(CC(=O)N(C)C)CC1. The monoisotopic (exact) mass is 691 g/mol. The number of hydrogen-bond acceptors (Lipinski definition) is 5. The number of amidine groups is 1. The van der Waals surface area contributed by atoms with Crippen molar-refractivity contribution in [1.82, 2.24) is 19.7 Å². The normalized spacial score (nSPS) is 21.7. The van der Waals surface area contributed by atoms with Crippen molar-refractivity contribution in [3.8, 4) is 5.75 Å². The van der Waals surface area contributed by atoms with Crippen LogP contribution >= 0.6 is 23.2 Å². The average Bonchev–Trinajstić information content (AvgIpc) is 3.29. The fourth-order valence-corrected chi connectivity index (χ4v) is 7.01. The molecular formula is C38H47Cl2N5O3. The Hall–Kier alpha value is -3.62. The molecule has 0 aliphatic carbocycles. The third-order valence-corrected chi connectivity index (χ3v) is 10.5. The van der Waals surface area contributed by atoms with Crippen molar-refractivity contribution >= 4 is 41.0 Å². The van der Waals surface area contributed by atoms with Gasteiger partial charge in [0, 0.05) is 67.0 Å². The van der Waals surface area contributed by atoms with E-state index in [1.807, 2.05) is 71.3 Å². The van der Waals surface area contributed by atoms with Crippen molar-refractivity contribution in [2.75, 3.05) is 33.8 Å². The Morgan fingerprint density at radius 2 is 1.52 bits per heavy atom. The second-order valence-electron chi connectivity index (χ2n) is 14.4. The maximum Gasteiger partial charge on any atom is 0.326 e. The van der Waals surface area contributed by atoms with E-state index in [0.29, 0.717) is 53.3 Å². The summed E-state index contributed by atoms with van der Waals surface area (Å²) in [5, 5.41) is 1.21. The maximum absolute atomic E-state index is 15.1. The summed E-state index contributed by atoms with van der Waals surface area (Å²) in [5.74, 6) is 1.43. The van der Waals surface area contributed by atoms with Crippen LogP contribution in [-0.2, 0) is 21.3 Å². The van der Waals surface area contributed by atoms with E-state index in [0.717, 1.165) is 29.7 Å². The molecule has 0 N–H and O–H groups in total. The molecule has 256 valence electrons. The highest BCUT2D eigenvalue weighted by atomic mass is 35.5. The van der Waals surface area contributed by atoms with E-state index in [1.165, 1.54) is 0 Å². The molecule has 2 aliphatic heterocycles. The highest BCUT2D eigenvalue weighted by Crippen LogP contribution is 2.54. The van der Waals surface area contributed by atoms with Gasteiger partial charge in [0.1, 0.15) is 22.7 Å². The lowest BCUT2D eigenvalue weighted by molar-refractivity contribution is -0.129. The number of benzene rings is 2. The number of carbonyl (C=O) groups excluding carboxylic acids is 2. The average molecular weight is 693 g/mol. The Morgan fingerprint density at radius 3 is 2.04 bits per heavy atom. The molecule has 0 unspecified atom stereocenters. The number of likely N-dealkylation sites (tertiary alicyclic amines) is 1. The van der Waals surface area contributed by atoms with Gasteiger partial charge in [0.2, 0.25) is 5.91 Å². The fraction of sp³-hybridized carbons (Fsp3) is 0.474. The molecule has 1 saturated heterocycles. The number of ether oxygens (including phenoxy) is 1. The molecule has 3 heterocycles. The number of carbonyl (C=O) groups is 2. The first-order chi connectivity index (χ1) is 22.6. The number of rotatable bonds is 7. The number of urea groups is 1. The summed E-state index contributed by atoms with van der Waals surface area (Å²) in [4.78, 5) is 43.4. The molecule has 3 amide bonds. The number of piperidine rings is 1. The molecule has 2 aliphatic rings. The number of aromatic nitrogens is 1. The third-order valence-electron chi connectivity index (χ3n) is 9.96. The molecule has 1 aromatic heterocycles. The molecular weight excluding hydrogens is 645 g/mol. The zero-order valence-corrected chi connectivity index (χ0v) is 30.8. The van der Waals surface area contributed by atoms with E-state index in [2.05, 4.69) is 34.6 Å². The lowest BCUT2D eigenvalue weighted by Gasteiger charge is -2.47. The number of hydrogen-bond donors (Lipinski definition) is 0. The van der Waals surface area contributed by atoms with Gasteiger partial charge in [-0.2, -0.15) is 0 Å². The predicted octanol–water partition coefficient (Wildman–Crippen LogP) is 8.29. The lowest BCUT2D eigenvalue weighted by Crippen LogP contribution is -2.59. The van der Waals surface area contributed by atoms with Crippen LogP contribution in [0.3, 0.4) is 0 Å². The van der Waals surface area contributed by atoms with E-state index in [-0.39, 0.29) is 23.3 Å². The summed E-state index contributed by atoms with van der Waals surface area (Å²) in [5.41, 5.74) is 1.10. The first-order valence-corrected chi connectivity index (χ1v) is 17.4. The zero-order chi connectivity index (χ0) is 35.0. The highest BCUT2D eigenvalue weighted by molar-refractivity contribution is 6.30.